The van der Waals surface area contributed by atoms with Crippen molar-refractivity contribution in [2.45, 2.75) is 39.7 Å². The molecule has 0 bridgehead atoms. The van der Waals surface area contributed by atoms with Crippen molar-refractivity contribution in [2.24, 2.45) is 5.41 Å². The van der Waals surface area contributed by atoms with Gasteiger partial charge in [0.15, 0.2) is 0 Å². The van der Waals surface area contributed by atoms with E-state index in [0.717, 1.165) is 23.7 Å². The van der Waals surface area contributed by atoms with Gasteiger partial charge in [0.25, 0.3) is 0 Å². The highest BCUT2D eigenvalue weighted by Gasteiger charge is 2.09. The van der Waals surface area contributed by atoms with E-state index in [1.807, 2.05) is 5.38 Å². The Morgan fingerprint density at radius 1 is 1.47 bits per heavy atom. The second-order valence-electron chi connectivity index (χ2n) is 4.73. The quantitative estimate of drug-likeness (QED) is 0.583. The molecule has 0 aliphatic heterocycles. The lowest BCUT2D eigenvalue weighted by atomic mass is 9.93. The minimum Gasteiger partial charge on any atom is -0.374 e. The van der Waals surface area contributed by atoms with Gasteiger partial charge >= 0.3 is 0 Å². The van der Waals surface area contributed by atoms with Gasteiger partial charge in [0.05, 0.1) is 18.2 Å². The van der Waals surface area contributed by atoms with Crippen LogP contribution in [0.2, 0.25) is 0 Å². The third-order valence-corrected chi connectivity index (χ3v) is 3.10. The molecule has 0 aliphatic rings. The molecule has 0 saturated carbocycles. The van der Waals surface area contributed by atoms with Gasteiger partial charge < -0.3 is 4.74 Å². The number of ether oxygens (including phenoxy) is 1. The summed E-state index contributed by atoms with van der Waals surface area (Å²) in [6.07, 6.45) is 1.07. The Bertz CT molecular complexity index is 293. The first kappa shape index (κ1) is 12.9. The first-order valence-electron chi connectivity index (χ1n) is 5.08. The molecule has 0 aliphatic carbocycles. The van der Waals surface area contributed by atoms with Crippen LogP contribution < -0.4 is 0 Å². The number of nitrogens with zero attached hydrogens (tertiary/aromatic N) is 1. The van der Waals surface area contributed by atoms with Gasteiger partial charge in [-0.3, -0.25) is 0 Å². The van der Waals surface area contributed by atoms with Gasteiger partial charge in [-0.15, -0.1) is 22.9 Å². The van der Waals surface area contributed by atoms with E-state index in [-0.39, 0.29) is 0 Å². The van der Waals surface area contributed by atoms with Crippen LogP contribution in [0.4, 0.5) is 0 Å². The average Bonchev–Trinajstić information content (AvgIpc) is 2.59. The minimum atomic E-state index is 0.337. The topological polar surface area (TPSA) is 22.1 Å². The summed E-state index contributed by atoms with van der Waals surface area (Å²) in [7, 11) is 0. The Balaban J connectivity index is 2.20. The van der Waals surface area contributed by atoms with Crippen molar-refractivity contribution < 1.29 is 4.74 Å². The lowest BCUT2D eigenvalue weighted by molar-refractivity contribution is 0.0960. The van der Waals surface area contributed by atoms with Gasteiger partial charge in [0.1, 0.15) is 5.01 Å². The van der Waals surface area contributed by atoms with E-state index < -0.39 is 0 Å². The third kappa shape index (κ3) is 5.50. The zero-order chi connectivity index (χ0) is 11.3. The predicted octanol–water partition coefficient (Wildman–Crippen LogP) is 3.83. The maximum atomic E-state index is 5.66. The van der Waals surface area contributed by atoms with Crippen LogP contribution in [-0.2, 0) is 17.2 Å². The maximum absolute atomic E-state index is 5.66. The van der Waals surface area contributed by atoms with Gasteiger partial charge in [-0.05, 0) is 11.8 Å². The lowest BCUT2D eigenvalue weighted by Crippen LogP contribution is -2.09. The van der Waals surface area contributed by atoms with Crippen molar-refractivity contribution in [1.82, 2.24) is 4.98 Å². The SMILES string of the molecule is CC(C)(C)CCOCc1nc(CCl)cs1. The fraction of sp³-hybridized carbons (Fsp3) is 0.727. The van der Waals surface area contributed by atoms with Crippen molar-refractivity contribution in [2.75, 3.05) is 6.61 Å². The fourth-order valence-corrected chi connectivity index (χ4v) is 1.97. The molecular formula is C11H18ClNOS. The summed E-state index contributed by atoms with van der Waals surface area (Å²) < 4.78 is 5.56. The third-order valence-electron chi connectivity index (χ3n) is 1.96. The Morgan fingerprint density at radius 3 is 2.73 bits per heavy atom. The van der Waals surface area contributed by atoms with E-state index in [9.17, 15) is 0 Å². The van der Waals surface area contributed by atoms with Crippen LogP contribution in [0.15, 0.2) is 5.38 Å². The summed E-state index contributed by atoms with van der Waals surface area (Å²) >= 11 is 7.28. The molecule has 0 aromatic carbocycles. The van der Waals surface area contributed by atoms with Gasteiger partial charge in [-0.1, -0.05) is 20.8 Å². The molecule has 86 valence electrons. The smallest absolute Gasteiger partial charge is 0.119 e. The minimum absolute atomic E-state index is 0.337. The van der Waals surface area contributed by atoms with Crippen LogP contribution in [0.5, 0.6) is 0 Å². The molecule has 0 saturated heterocycles. The molecular weight excluding hydrogens is 230 g/mol. The van der Waals surface area contributed by atoms with Crippen LogP contribution in [-0.4, -0.2) is 11.6 Å². The predicted molar refractivity (Wildman–Crippen MR) is 65.4 cm³/mol. The molecule has 1 aromatic heterocycles. The number of aromatic nitrogens is 1. The Hall–Kier alpha value is -0.120. The van der Waals surface area contributed by atoms with E-state index in [1.165, 1.54) is 0 Å². The van der Waals surface area contributed by atoms with Crippen LogP contribution in [0.25, 0.3) is 0 Å². The van der Waals surface area contributed by atoms with Crippen molar-refractivity contribution in [1.29, 1.82) is 0 Å². The van der Waals surface area contributed by atoms with Crippen molar-refractivity contribution >= 4 is 22.9 Å². The first-order valence-corrected chi connectivity index (χ1v) is 6.50. The van der Waals surface area contributed by atoms with E-state index in [1.54, 1.807) is 11.3 Å². The summed E-state index contributed by atoms with van der Waals surface area (Å²) in [5.74, 6) is 0.485. The zero-order valence-corrected chi connectivity index (χ0v) is 11.1. The van der Waals surface area contributed by atoms with Gasteiger partial charge in [0, 0.05) is 12.0 Å². The fourth-order valence-electron chi connectivity index (χ4n) is 1.01. The molecule has 1 aromatic rings. The monoisotopic (exact) mass is 247 g/mol. The molecule has 0 amide bonds. The number of alkyl halides is 1. The molecule has 0 fully saturated rings. The molecule has 0 radical (unpaired) electrons. The highest BCUT2D eigenvalue weighted by Crippen LogP contribution is 2.19. The lowest BCUT2D eigenvalue weighted by Gasteiger charge is -2.17. The van der Waals surface area contributed by atoms with Crippen molar-refractivity contribution in [3.05, 3.63) is 16.1 Å². The number of thiazole rings is 1. The van der Waals surface area contributed by atoms with E-state index in [0.29, 0.717) is 17.9 Å². The average molecular weight is 248 g/mol. The van der Waals surface area contributed by atoms with Crippen LogP contribution in [0, 0.1) is 5.41 Å². The summed E-state index contributed by atoms with van der Waals surface area (Å²) in [6, 6.07) is 0. The highest BCUT2D eigenvalue weighted by atomic mass is 35.5. The van der Waals surface area contributed by atoms with Crippen LogP contribution in [0.1, 0.15) is 37.9 Å². The summed E-state index contributed by atoms with van der Waals surface area (Å²) in [4.78, 5) is 4.32. The van der Waals surface area contributed by atoms with Gasteiger partial charge in [0.2, 0.25) is 0 Å². The molecule has 1 heterocycles. The normalized spacial score (nSPS) is 12.0. The van der Waals surface area contributed by atoms with E-state index >= 15 is 0 Å². The molecule has 0 N–H and O–H groups in total. The molecule has 2 nitrogen and oxygen atoms in total. The van der Waals surface area contributed by atoms with E-state index in [2.05, 4.69) is 25.8 Å². The largest absolute Gasteiger partial charge is 0.374 e. The number of rotatable bonds is 5. The molecule has 15 heavy (non-hydrogen) atoms. The first-order chi connectivity index (χ1) is 7.01. The molecule has 0 unspecified atom stereocenters. The zero-order valence-electron chi connectivity index (χ0n) is 9.55. The van der Waals surface area contributed by atoms with Crippen LogP contribution >= 0.6 is 22.9 Å². The van der Waals surface area contributed by atoms with E-state index in [4.69, 9.17) is 16.3 Å². The van der Waals surface area contributed by atoms with Gasteiger partial charge in [-0.2, -0.15) is 0 Å². The highest BCUT2D eigenvalue weighted by molar-refractivity contribution is 7.09. The molecule has 0 spiro atoms. The van der Waals surface area contributed by atoms with Gasteiger partial charge in [-0.25, -0.2) is 4.98 Å². The second-order valence-corrected chi connectivity index (χ2v) is 5.94. The maximum Gasteiger partial charge on any atom is 0.119 e. The summed E-state index contributed by atoms with van der Waals surface area (Å²) in [6.45, 7) is 8.04. The molecule has 4 heteroatoms. The Labute approximate surface area is 101 Å². The van der Waals surface area contributed by atoms with Crippen molar-refractivity contribution in [3.63, 3.8) is 0 Å². The molecule has 1 rings (SSSR count). The Kier molecular flexibility index (Phi) is 5.03. The summed E-state index contributed by atoms with van der Waals surface area (Å²) in [5, 5.41) is 3.00. The number of hydrogen-bond donors (Lipinski definition) is 0. The van der Waals surface area contributed by atoms with Crippen LogP contribution in [0.3, 0.4) is 0 Å². The standard InChI is InChI=1S/C11H18ClNOS/c1-11(2,3)4-5-14-7-10-13-9(6-12)8-15-10/h8H,4-7H2,1-3H3. The Morgan fingerprint density at radius 2 is 2.20 bits per heavy atom. The number of hydrogen-bond acceptors (Lipinski definition) is 3. The second kappa shape index (κ2) is 5.83. The summed E-state index contributed by atoms with van der Waals surface area (Å²) in [5.41, 5.74) is 1.28. The van der Waals surface area contributed by atoms with Crippen molar-refractivity contribution in [3.8, 4) is 0 Å². The number of halogens is 1. The molecule has 0 atom stereocenters.